The van der Waals surface area contributed by atoms with E-state index in [0.717, 1.165) is 11.3 Å². The van der Waals surface area contributed by atoms with E-state index >= 15 is 0 Å². The van der Waals surface area contributed by atoms with Crippen LogP contribution in [0.1, 0.15) is 23.0 Å². The molecule has 7 heteroatoms. The van der Waals surface area contributed by atoms with E-state index in [0.29, 0.717) is 29.6 Å². The summed E-state index contributed by atoms with van der Waals surface area (Å²) in [4.78, 5) is 25.8. The molecule has 3 rings (SSSR count). The predicted molar refractivity (Wildman–Crippen MR) is 86.0 cm³/mol. The molecule has 1 aromatic carbocycles. The SMILES string of the molecule is CCn1nc(C(=O)N2CCc3c2ccc(Cl)c3Cl)ccc1=O. The van der Waals surface area contributed by atoms with Gasteiger partial charge in [0.25, 0.3) is 11.5 Å². The van der Waals surface area contributed by atoms with E-state index in [2.05, 4.69) is 5.10 Å². The van der Waals surface area contributed by atoms with Crippen LogP contribution in [-0.2, 0) is 13.0 Å². The average Bonchev–Trinajstić information content (AvgIpc) is 2.95. The number of hydrogen-bond donors (Lipinski definition) is 0. The molecule has 0 radical (unpaired) electrons. The Balaban J connectivity index is 1.99. The number of aryl methyl sites for hydroxylation is 1. The number of aromatic nitrogens is 2. The fourth-order valence-electron chi connectivity index (χ4n) is 2.56. The standard InChI is InChI=1S/C15H13Cl2N3O2/c1-2-20-13(21)6-4-11(18-20)15(22)19-8-7-9-12(19)5-3-10(16)14(9)17/h3-6H,2,7-8H2,1H3. The van der Waals surface area contributed by atoms with E-state index in [1.807, 2.05) is 0 Å². The van der Waals surface area contributed by atoms with Crippen molar-refractivity contribution in [3.63, 3.8) is 0 Å². The van der Waals surface area contributed by atoms with Crippen LogP contribution in [0.15, 0.2) is 29.1 Å². The molecule has 1 aromatic heterocycles. The summed E-state index contributed by atoms with van der Waals surface area (Å²) in [6.07, 6.45) is 0.647. The van der Waals surface area contributed by atoms with Gasteiger partial charge in [-0.25, -0.2) is 4.68 Å². The van der Waals surface area contributed by atoms with Crippen LogP contribution in [-0.4, -0.2) is 22.2 Å². The van der Waals surface area contributed by atoms with Crippen molar-refractivity contribution >= 4 is 34.8 Å². The molecule has 1 amide bonds. The Labute approximate surface area is 137 Å². The summed E-state index contributed by atoms with van der Waals surface area (Å²) < 4.78 is 1.26. The zero-order valence-corrected chi connectivity index (χ0v) is 13.4. The van der Waals surface area contributed by atoms with Crippen molar-refractivity contribution in [3.8, 4) is 0 Å². The van der Waals surface area contributed by atoms with Gasteiger partial charge in [0.2, 0.25) is 0 Å². The number of amides is 1. The summed E-state index contributed by atoms with van der Waals surface area (Å²) in [7, 11) is 0. The molecule has 114 valence electrons. The van der Waals surface area contributed by atoms with Gasteiger partial charge in [-0.05, 0) is 37.1 Å². The minimum atomic E-state index is -0.251. The van der Waals surface area contributed by atoms with Gasteiger partial charge in [0.15, 0.2) is 0 Å². The molecule has 0 saturated carbocycles. The van der Waals surface area contributed by atoms with Crippen molar-refractivity contribution in [1.29, 1.82) is 0 Å². The molecule has 0 N–H and O–H groups in total. The van der Waals surface area contributed by atoms with Gasteiger partial charge in [0.05, 0.1) is 10.0 Å². The maximum atomic E-state index is 12.7. The molecule has 1 aliphatic rings. The first-order valence-corrected chi connectivity index (χ1v) is 7.65. The maximum absolute atomic E-state index is 12.7. The lowest BCUT2D eigenvalue weighted by Crippen LogP contribution is -2.32. The number of carbonyl (C=O) groups excluding carboxylic acids is 1. The fraction of sp³-hybridized carbons (Fsp3) is 0.267. The van der Waals surface area contributed by atoms with Gasteiger partial charge in [-0.2, -0.15) is 5.10 Å². The van der Waals surface area contributed by atoms with Gasteiger partial charge in [0.1, 0.15) is 5.69 Å². The summed E-state index contributed by atoms with van der Waals surface area (Å²) in [6, 6.07) is 6.26. The third kappa shape index (κ3) is 2.40. The third-order valence-electron chi connectivity index (χ3n) is 3.68. The second-order valence-corrected chi connectivity index (χ2v) is 5.72. The lowest BCUT2D eigenvalue weighted by molar-refractivity contribution is 0.0982. The number of carbonyl (C=O) groups is 1. The minimum absolute atomic E-state index is 0.226. The number of anilines is 1. The number of benzene rings is 1. The first-order chi connectivity index (χ1) is 10.5. The zero-order chi connectivity index (χ0) is 15.9. The van der Waals surface area contributed by atoms with Crippen molar-refractivity contribution in [3.05, 3.63) is 55.9 Å². The van der Waals surface area contributed by atoms with Crippen LogP contribution in [0.4, 0.5) is 5.69 Å². The van der Waals surface area contributed by atoms with Crippen molar-refractivity contribution < 1.29 is 4.79 Å². The van der Waals surface area contributed by atoms with Gasteiger partial charge in [-0.3, -0.25) is 9.59 Å². The highest BCUT2D eigenvalue weighted by Gasteiger charge is 2.29. The second kappa shape index (κ2) is 5.74. The van der Waals surface area contributed by atoms with E-state index in [1.54, 1.807) is 24.0 Å². The molecule has 1 aliphatic heterocycles. The van der Waals surface area contributed by atoms with Crippen LogP contribution in [0.5, 0.6) is 0 Å². The predicted octanol–water partition coefficient (Wildman–Crippen LogP) is 2.77. The highest BCUT2D eigenvalue weighted by atomic mass is 35.5. The van der Waals surface area contributed by atoms with E-state index in [9.17, 15) is 9.59 Å². The van der Waals surface area contributed by atoms with Gasteiger partial charge in [0, 0.05) is 24.8 Å². The highest BCUT2D eigenvalue weighted by Crippen LogP contribution is 2.38. The molecule has 0 spiro atoms. The summed E-state index contributed by atoms with van der Waals surface area (Å²) in [5.74, 6) is -0.251. The largest absolute Gasteiger partial charge is 0.306 e. The number of nitrogens with zero attached hydrogens (tertiary/aromatic N) is 3. The highest BCUT2D eigenvalue weighted by molar-refractivity contribution is 6.43. The number of hydrogen-bond acceptors (Lipinski definition) is 3. The van der Waals surface area contributed by atoms with E-state index < -0.39 is 0 Å². The van der Waals surface area contributed by atoms with Crippen molar-refractivity contribution in [2.24, 2.45) is 0 Å². The average molecular weight is 338 g/mol. The molecule has 0 aliphatic carbocycles. The second-order valence-electron chi connectivity index (χ2n) is 4.94. The van der Waals surface area contributed by atoms with Crippen molar-refractivity contribution in [2.45, 2.75) is 19.9 Å². The number of halogens is 2. The Hall–Kier alpha value is -1.85. The smallest absolute Gasteiger partial charge is 0.278 e. The van der Waals surface area contributed by atoms with Gasteiger partial charge < -0.3 is 4.90 Å². The molecule has 0 saturated heterocycles. The van der Waals surface area contributed by atoms with Crippen LogP contribution in [0.2, 0.25) is 10.0 Å². The topological polar surface area (TPSA) is 55.2 Å². The normalized spacial score (nSPS) is 13.3. The van der Waals surface area contributed by atoms with Crippen LogP contribution < -0.4 is 10.5 Å². The summed E-state index contributed by atoms with van der Waals surface area (Å²) in [6.45, 7) is 2.73. The Morgan fingerprint density at radius 1 is 1.27 bits per heavy atom. The van der Waals surface area contributed by atoms with Gasteiger partial charge in [-0.1, -0.05) is 23.2 Å². The molecular formula is C15H13Cl2N3O2. The summed E-state index contributed by atoms with van der Waals surface area (Å²) >= 11 is 12.2. The molecule has 0 fully saturated rings. The molecule has 0 bridgehead atoms. The molecule has 2 aromatic rings. The minimum Gasteiger partial charge on any atom is -0.306 e. The van der Waals surface area contributed by atoms with Gasteiger partial charge in [-0.15, -0.1) is 0 Å². The van der Waals surface area contributed by atoms with E-state index in [4.69, 9.17) is 23.2 Å². The Bertz CT molecular complexity index is 817. The maximum Gasteiger partial charge on any atom is 0.278 e. The fourth-order valence-corrected chi connectivity index (χ4v) is 2.99. The van der Waals surface area contributed by atoms with Crippen LogP contribution >= 0.6 is 23.2 Å². The molecular weight excluding hydrogens is 325 g/mol. The van der Waals surface area contributed by atoms with Crippen molar-refractivity contribution in [1.82, 2.24) is 9.78 Å². The lowest BCUT2D eigenvalue weighted by Gasteiger charge is -2.17. The molecule has 5 nitrogen and oxygen atoms in total. The zero-order valence-electron chi connectivity index (χ0n) is 11.8. The first-order valence-electron chi connectivity index (χ1n) is 6.90. The van der Waals surface area contributed by atoms with Crippen LogP contribution in [0, 0.1) is 0 Å². The first kappa shape index (κ1) is 15.1. The summed E-state index contributed by atoms with van der Waals surface area (Å²) in [5.41, 5.74) is 1.62. The van der Waals surface area contributed by atoms with Gasteiger partial charge >= 0.3 is 0 Å². The molecule has 0 atom stereocenters. The van der Waals surface area contributed by atoms with Crippen molar-refractivity contribution in [2.75, 3.05) is 11.4 Å². The monoisotopic (exact) mass is 337 g/mol. The quantitative estimate of drug-likeness (QED) is 0.846. The lowest BCUT2D eigenvalue weighted by atomic mass is 10.1. The molecule has 0 unspecified atom stereocenters. The Kier molecular flexibility index (Phi) is 3.93. The van der Waals surface area contributed by atoms with Crippen LogP contribution in [0.25, 0.3) is 0 Å². The number of rotatable bonds is 2. The number of fused-ring (bicyclic) bond motifs is 1. The Morgan fingerprint density at radius 2 is 2.05 bits per heavy atom. The molecule has 2 heterocycles. The molecule has 22 heavy (non-hydrogen) atoms. The van der Waals surface area contributed by atoms with E-state index in [-0.39, 0.29) is 17.2 Å². The van der Waals surface area contributed by atoms with E-state index in [1.165, 1.54) is 16.8 Å². The van der Waals surface area contributed by atoms with Crippen LogP contribution in [0.3, 0.4) is 0 Å². The summed E-state index contributed by atoms with van der Waals surface area (Å²) in [5, 5.41) is 5.07. The third-order valence-corrected chi connectivity index (χ3v) is 4.52. The Morgan fingerprint density at radius 3 is 2.77 bits per heavy atom.